The first-order valence-electron chi connectivity index (χ1n) is 8.69. The molecule has 1 N–H and O–H groups in total. The summed E-state index contributed by atoms with van der Waals surface area (Å²) in [5.41, 5.74) is 3.03. The summed E-state index contributed by atoms with van der Waals surface area (Å²) in [5.74, 6) is 0.995. The molecule has 0 fully saturated rings. The highest BCUT2D eigenvalue weighted by Gasteiger charge is 2.13. The lowest BCUT2D eigenvalue weighted by Gasteiger charge is -2.13. The first-order chi connectivity index (χ1) is 12.6. The lowest BCUT2D eigenvalue weighted by molar-refractivity contribution is 0.102. The van der Waals surface area contributed by atoms with Gasteiger partial charge in [0, 0.05) is 16.6 Å². The topological polar surface area (TPSA) is 60.5 Å². The molecule has 0 saturated carbocycles. The van der Waals surface area contributed by atoms with Crippen LogP contribution in [0.3, 0.4) is 0 Å². The van der Waals surface area contributed by atoms with Gasteiger partial charge in [-0.05, 0) is 63.2 Å². The van der Waals surface area contributed by atoms with E-state index < -0.39 is 0 Å². The minimum Gasteiger partial charge on any atom is -0.490 e. The van der Waals surface area contributed by atoms with Crippen LogP contribution >= 0.6 is 0 Å². The van der Waals surface area contributed by atoms with Crippen molar-refractivity contribution in [3.8, 4) is 11.5 Å². The van der Waals surface area contributed by atoms with Crippen LogP contribution in [0.1, 0.15) is 29.9 Å². The van der Waals surface area contributed by atoms with Crippen molar-refractivity contribution < 1.29 is 14.3 Å². The van der Waals surface area contributed by atoms with E-state index in [9.17, 15) is 4.79 Å². The Kier molecular flexibility index (Phi) is 5.37. The third-order valence-electron chi connectivity index (χ3n) is 3.92. The Morgan fingerprint density at radius 2 is 1.77 bits per heavy atom. The number of fused-ring (bicyclic) bond motifs is 1. The fourth-order valence-corrected chi connectivity index (χ4v) is 2.75. The summed E-state index contributed by atoms with van der Waals surface area (Å²) in [6, 6.07) is 14.8. The van der Waals surface area contributed by atoms with Gasteiger partial charge in [0.2, 0.25) is 0 Å². The second kappa shape index (κ2) is 7.87. The van der Waals surface area contributed by atoms with Gasteiger partial charge in [-0.2, -0.15) is 0 Å². The second-order valence-corrected chi connectivity index (χ2v) is 5.81. The van der Waals surface area contributed by atoms with E-state index in [0.29, 0.717) is 30.3 Å². The highest BCUT2D eigenvalue weighted by atomic mass is 16.5. The predicted molar refractivity (Wildman–Crippen MR) is 103 cm³/mol. The average Bonchev–Trinajstić information content (AvgIpc) is 2.63. The van der Waals surface area contributed by atoms with Gasteiger partial charge in [-0.15, -0.1) is 0 Å². The molecule has 1 amide bonds. The number of carbonyl (C=O) groups excluding carboxylic acids is 1. The highest BCUT2D eigenvalue weighted by molar-refractivity contribution is 6.09. The number of benzene rings is 2. The fraction of sp³-hybridized carbons (Fsp3) is 0.238. The first kappa shape index (κ1) is 17.7. The molecular weight excluding hydrogens is 328 g/mol. The number of aromatic nitrogens is 1. The normalized spacial score (nSPS) is 10.6. The minimum absolute atomic E-state index is 0.206. The summed E-state index contributed by atoms with van der Waals surface area (Å²) in [5, 5.41) is 3.87. The fourth-order valence-electron chi connectivity index (χ4n) is 2.75. The van der Waals surface area contributed by atoms with Gasteiger partial charge in [0.05, 0.1) is 24.4 Å². The molecule has 0 aliphatic carbocycles. The van der Waals surface area contributed by atoms with Crippen molar-refractivity contribution in [2.75, 3.05) is 18.5 Å². The van der Waals surface area contributed by atoms with Crippen LogP contribution in [-0.2, 0) is 0 Å². The Bertz CT molecular complexity index is 938. The third kappa shape index (κ3) is 3.77. The molecule has 0 atom stereocenters. The quantitative estimate of drug-likeness (QED) is 0.706. The standard InChI is InChI=1S/C21H22N2O3/c1-4-25-19-12-10-15(13-20(19)26-5-2)21(24)23-18-8-6-7-17-16(18)11-9-14(3)22-17/h6-13H,4-5H2,1-3H3,(H,23,24). The number of hydrogen-bond acceptors (Lipinski definition) is 4. The third-order valence-corrected chi connectivity index (χ3v) is 3.92. The van der Waals surface area contributed by atoms with Gasteiger partial charge in [0.25, 0.3) is 5.91 Å². The molecule has 0 saturated heterocycles. The van der Waals surface area contributed by atoms with Crippen LogP contribution in [0.4, 0.5) is 5.69 Å². The number of rotatable bonds is 6. The Morgan fingerprint density at radius 1 is 1.00 bits per heavy atom. The summed E-state index contributed by atoms with van der Waals surface area (Å²) in [6.07, 6.45) is 0. The lowest BCUT2D eigenvalue weighted by atomic mass is 10.1. The van der Waals surface area contributed by atoms with Crippen LogP contribution in [0, 0.1) is 6.92 Å². The number of carbonyl (C=O) groups is 1. The van der Waals surface area contributed by atoms with Crippen molar-refractivity contribution in [2.24, 2.45) is 0 Å². The van der Waals surface area contributed by atoms with Crippen LogP contribution in [0.2, 0.25) is 0 Å². The summed E-state index contributed by atoms with van der Waals surface area (Å²) in [7, 11) is 0. The zero-order valence-electron chi connectivity index (χ0n) is 15.2. The highest BCUT2D eigenvalue weighted by Crippen LogP contribution is 2.29. The molecule has 5 heteroatoms. The van der Waals surface area contributed by atoms with Gasteiger partial charge >= 0.3 is 0 Å². The smallest absolute Gasteiger partial charge is 0.255 e. The molecule has 0 radical (unpaired) electrons. The maximum absolute atomic E-state index is 12.7. The van der Waals surface area contributed by atoms with E-state index in [1.165, 1.54) is 0 Å². The van der Waals surface area contributed by atoms with Gasteiger partial charge in [-0.1, -0.05) is 6.07 Å². The van der Waals surface area contributed by atoms with E-state index in [0.717, 1.165) is 22.3 Å². The predicted octanol–water partition coefficient (Wildman–Crippen LogP) is 4.59. The zero-order valence-corrected chi connectivity index (χ0v) is 15.2. The number of amides is 1. The van der Waals surface area contributed by atoms with Crippen molar-refractivity contribution in [3.63, 3.8) is 0 Å². The van der Waals surface area contributed by atoms with Crippen LogP contribution in [0.25, 0.3) is 10.9 Å². The molecule has 0 unspecified atom stereocenters. The molecule has 5 nitrogen and oxygen atoms in total. The summed E-state index contributed by atoms with van der Waals surface area (Å²) >= 11 is 0. The molecule has 0 bridgehead atoms. The Morgan fingerprint density at radius 3 is 2.54 bits per heavy atom. The van der Waals surface area contributed by atoms with Crippen molar-refractivity contribution in [1.29, 1.82) is 0 Å². The van der Waals surface area contributed by atoms with Gasteiger partial charge in [-0.3, -0.25) is 9.78 Å². The van der Waals surface area contributed by atoms with Gasteiger partial charge < -0.3 is 14.8 Å². The Balaban J connectivity index is 1.89. The summed E-state index contributed by atoms with van der Waals surface area (Å²) < 4.78 is 11.1. The molecule has 1 aromatic heterocycles. The SMILES string of the molecule is CCOc1ccc(C(=O)Nc2cccc3nc(C)ccc23)cc1OCC. The van der Waals surface area contributed by atoms with E-state index >= 15 is 0 Å². The average molecular weight is 350 g/mol. The maximum atomic E-state index is 12.7. The van der Waals surface area contributed by atoms with Crippen molar-refractivity contribution in [1.82, 2.24) is 4.98 Å². The van der Waals surface area contributed by atoms with E-state index in [4.69, 9.17) is 9.47 Å². The van der Waals surface area contributed by atoms with Crippen LogP contribution in [-0.4, -0.2) is 24.1 Å². The molecule has 26 heavy (non-hydrogen) atoms. The second-order valence-electron chi connectivity index (χ2n) is 5.81. The van der Waals surface area contributed by atoms with Crippen LogP contribution in [0.15, 0.2) is 48.5 Å². The summed E-state index contributed by atoms with van der Waals surface area (Å²) in [4.78, 5) is 17.2. The van der Waals surface area contributed by atoms with Crippen LogP contribution in [0.5, 0.6) is 11.5 Å². The lowest BCUT2D eigenvalue weighted by Crippen LogP contribution is -2.13. The molecule has 134 valence electrons. The minimum atomic E-state index is -0.206. The summed E-state index contributed by atoms with van der Waals surface area (Å²) in [6.45, 7) is 6.79. The number of ether oxygens (including phenoxy) is 2. The maximum Gasteiger partial charge on any atom is 0.255 e. The monoisotopic (exact) mass is 350 g/mol. The molecule has 2 aromatic carbocycles. The number of hydrogen-bond donors (Lipinski definition) is 1. The van der Waals surface area contributed by atoms with E-state index in [2.05, 4.69) is 10.3 Å². The largest absolute Gasteiger partial charge is 0.490 e. The van der Waals surface area contributed by atoms with Crippen LogP contribution < -0.4 is 14.8 Å². The Hall–Kier alpha value is -3.08. The van der Waals surface area contributed by atoms with Gasteiger partial charge in [0.15, 0.2) is 11.5 Å². The number of pyridine rings is 1. The Labute approximate surface area is 153 Å². The molecule has 0 aliphatic rings. The molecule has 0 aliphatic heterocycles. The number of aryl methyl sites for hydroxylation is 1. The molecule has 3 aromatic rings. The molecule has 3 rings (SSSR count). The van der Waals surface area contributed by atoms with E-state index in [-0.39, 0.29) is 5.91 Å². The molecule has 0 spiro atoms. The van der Waals surface area contributed by atoms with Gasteiger partial charge in [0.1, 0.15) is 0 Å². The number of anilines is 1. The van der Waals surface area contributed by atoms with Crippen molar-refractivity contribution in [3.05, 3.63) is 59.8 Å². The molecule has 1 heterocycles. The van der Waals surface area contributed by atoms with Gasteiger partial charge in [-0.25, -0.2) is 0 Å². The number of nitrogens with zero attached hydrogens (tertiary/aromatic N) is 1. The van der Waals surface area contributed by atoms with Crippen molar-refractivity contribution in [2.45, 2.75) is 20.8 Å². The zero-order chi connectivity index (χ0) is 18.5. The van der Waals surface area contributed by atoms with E-state index in [1.807, 2.05) is 51.1 Å². The molecular formula is C21H22N2O3. The van der Waals surface area contributed by atoms with E-state index in [1.54, 1.807) is 18.2 Å². The van der Waals surface area contributed by atoms with Crippen molar-refractivity contribution >= 4 is 22.5 Å². The number of nitrogens with one attached hydrogen (secondary N) is 1. The first-order valence-corrected chi connectivity index (χ1v) is 8.69.